The summed E-state index contributed by atoms with van der Waals surface area (Å²) in [7, 11) is 3.06. The number of nitrogen functional groups attached to an aromatic ring is 1. The van der Waals surface area contributed by atoms with Crippen LogP contribution in [-0.2, 0) is 4.74 Å². The number of unbranched alkanes of at least 4 members (excludes halogenated alkanes) is 1. The van der Waals surface area contributed by atoms with Gasteiger partial charge >= 0.3 is 0 Å². The second-order valence-electron chi connectivity index (χ2n) is 6.86. The molecule has 0 spiro atoms. The van der Waals surface area contributed by atoms with Gasteiger partial charge in [-0.2, -0.15) is 0 Å². The summed E-state index contributed by atoms with van der Waals surface area (Å²) in [6.45, 7) is 4.01. The Morgan fingerprint density at radius 3 is 2.39 bits per heavy atom. The minimum Gasteiger partial charge on any atom is -0.495 e. The third-order valence-electron chi connectivity index (χ3n) is 4.75. The Bertz CT molecular complexity index is 1030. The minimum atomic E-state index is 0.345. The second kappa shape index (κ2) is 10.7. The third-order valence-corrected chi connectivity index (χ3v) is 5.50. The van der Waals surface area contributed by atoms with Crippen LogP contribution in [0.3, 0.4) is 0 Å². The van der Waals surface area contributed by atoms with Crippen LogP contribution >= 0.6 is 23.2 Å². The standard InChI is InChI=1S/C22H26Cl2N4O3/c1-4-5-7-31-8-6-26-22-14-10-18(25)27-12-13(14)9-15(28-22)19-20(23)16(29-2)11-17(30-3)21(19)24/h9-12H,4-8H2,1-3H3,(H2,25,27)(H,26,28). The maximum absolute atomic E-state index is 6.60. The van der Waals surface area contributed by atoms with Crippen LogP contribution in [0.1, 0.15) is 19.8 Å². The van der Waals surface area contributed by atoms with Crippen LogP contribution in [0.5, 0.6) is 11.5 Å². The van der Waals surface area contributed by atoms with E-state index in [1.54, 1.807) is 18.3 Å². The molecule has 0 amide bonds. The number of hydrogen-bond donors (Lipinski definition) is 2. The number of hydrogen-bond acceptors (Lipinski definition) is 7. The number of nitrogens with zero attached hydrogens (tertiary/aromatic N) is 2. The maximum atomic E-state index is 6.60. The molecule has 166 valence electrons. The van der Waals surface area contributed by atoms with Crippen molar-refractivity contribution in [3.8, 4) is 22.8 Å². The normalized spacial score (nSPS) is 11.0. The number of nitrogens with one attached hydrogen (secondary N) is 1. The molecular formula is C22H26Cl2N4O3. The highest BCUT2D eigenvalue weighted by atomic mass is 35.5. The van der Waals surface area contributed by atoms with E-state index >= 15 is 0 Å². The van der Waals surface area contributed by atoms with Gasteiger partial charge in [0, 0.05) is 41.8 Å². The number of methoxy groups -OCH3 is 2. The van der Waals surface area contributed by atoms with Gasteiger partial charge in [0.1, 0.15) is 23.1 Å². The fourth-order valence-corrected chi connectivity index (χ4v) is 3.82. The SMILES string of the molecule is CCCCOCCNc1nc(-c2c(Cl)c(OC)cc(OC)c2Cl)cc2cnc(N)cc12. The molecule has 2 aromatic heterocycles. The van der Waals surface area contributed by atoms with Crippen molar-refractivity contribution >= 4 is 45.6 Å². The van der Waals surface area contributed by atoms with E-state index in [4.69, 9.17) is 48.1 Å². The molecule has 0 saturated heterocycles. The maximum Gasteiger partial charge on any atom is 0.141 e. The van der Waals surface area contributed by atoms with Gasteiger partial charge < -0.3 is 25.3 Å². The van der Waals surface area contributed by atoms with E-state index < -0.39 is 0 Å². The topological polar surface area (TPSA) is 91.5 Å². The zero-order valence-electron chi connectivity index (χ0n) is 17.8. The number of ether oxygens (including phenoxy) is 3. The van der Waals surface area contributed by atoms with E-state index in [9.17, 15) is 0 Å². The molecular weight excluding hydrogens is 439 g/mol. The summed E-state index contributed by atoms with van der Waals surface area (Å²) < 4.78 is 16.4. The number of anilines is 2. The Hall–Kier alpha value is -2.48. The average molecular weight is 465 g/mol. The van der Waals surface area contributed by atoms with E-state index in [2.05, 4.69) is 17.2 Å². The molecule has 0 saturated carbocycles. The molecule has 31 heavy (non-hydrogen) atoms. The van der Waals surface area contributed by atoms with Gasteiger partial charge in [-0.3, -0.25) is 0 Å². The van der Waals surface area contributed by atoms with Gasteiger partial charge in [-0.15, -0.1) is 0 Å². The van der Waals surface area contributed by atoms with Crippen molar-refractivity contribution in [2.45, 2.75) is 19.8 Å². The second-order valence-corrected chi connectivity index (χ2v) is 7.62. The molecule has 0 unspecified atom stereocenters. The fourth-order valence-electron chi connectivity index (χ4n) is 3.13. The largest absolute Gasteiger partial charge is 0.495 e. The van der Waals surface area contributed by atoms with Crippen molar-refractivity contribution < 1.29 is 14.2 Å². The monoisotopic (exact) mass is 464 g/mol. The Kier molecular flexibility index (Phi) is 8.01. The number of benzene rings is 1. The van der Waals surface area contributed by atoms with Gasteiger partial charge in [-0.05, 0) is 18.6 Å². The third kappa shape index (κ3) is 5.23. The molecule has 1 aromatic carbocycles. The van der Waals surface area contributed by atoms with E-state index in [0.29, 0.717) is 57.6 Å². The molecule has 3 rings (SSSR count). The Morgan fingerprint density at radius 2 is 1.74 bits per heavy atom. The number of pyridine rings is 2. The van der Waals surface area contributed by atoms with E-state index in [0.717, 1.165) is 30.2 Å². The lowest BCUT2D eigenvalue weighted by Crippen LogP contribution is -2.11. The predicted molar refractivity (Wildman–Crippen MR) is 127 cm³/mol. The van der Waals surface area contributed by atoms with Crippen LogP contribution in [0.2, 0.25) is 10.0 Å². The Morgan fingerprint density at radius 1 is 1.03 bits per heavy atom. The summed E-state index contributed by atoms with van der Waals surface area (Å²) in [4.78, 5) is 9.00. The summed E-state index contributed by atoms with van der Waals surface area (Å²) in [5.41, 5.74) is 6.98. The van der Waals surface area contributed by atoms with Gasteiger partial charge in [-0.25, -0.2) is 9.97 Å². The summed E-state index contributed by atoms with van der Waals surface area (Å²) in [5.74, 6) is 1.92. The number of aromatic nitrogens is 2. The summed E-state index contributed by atoms with van der Waals surface area (Å²) in [6.07, 6.45) is 3.82. The summed E-state index contributed by atoms with van der Waals surface area (Å²) in [5, 5.41) is 5.70. The van der Waals surface area contributed by atoms with Crippen LogP contribution in [0.15, 0.2) is 24.4 Å². The van der Waals surface area contributed by atoms with Crippen molar-refractivity contribution in [1.29, 1.82) is 0 Å². The number of fused-ring (bicyclic) bond motifs is 1. The zero-order chi connectivity index (χ0) is 22.4. The Labute approximate surface area is 191 Å². The van der Waals surface area contributed by atoms with E-state index in [1.165, 1.54) is 14.2 Å². The highest BCUT2D eigenvalue weighted by Gasteiger charge is 2.21. The molecule has 7 nitrogen and oxygen atoms in total. The fraction of sp³-hybridized carbons (Fsp3) is 0.364. The molecule has 0 aliphatic rings. The van der Waals surface area contributed by atoms with Crippen molar-refractivity contribution in [3.63, 3.8) is 0 Å². The minimum absolute atomic E-state index is 0.345. The molecule has 0 aliphatic carbocycles. The molecule has 0 aliphatic heterocycles. The van der Waals surface area contributed by atoms with Crippen LogP contribution in [0.4, 0.5) is 11.6 Å². The first kappa shape index (κ1) is 23.2. The first-order valence-corrected chi connectivity index (χ1v) is 10.7. The zero-order valence-corrected chi connectivity index (χ0v) is 19.3. The number of nitrogens with two attached hydrogens (primary N) is 1. The summed E-state index contributed by atoms with van der Waals surface area (Å²) in [6, 6.07) is 5.28. The van der Waals surface area contributed by atoms with E-state index in [1.807, 2.05) is 6.07 Å². The smallest absolute Gasteiger partial charge is 0.141 e. The Balaban J connectivity index is 2.05. The van der Waals surface area contributed by atoms with Crippen LogP contribution in [-0.4, -0.2) is 43.9 Å². The predicted octanol–water partition coefficient (Wildman–Crippen LogP) is 5.43. The average Bonchev–Trinajstić information content (AvgIpc) is 2.76. The van der Waals surface area contributed by atoms with Gasteiger partial charge in [0.2, 0.25) is 0 Å². The lowest BCUT2D eigenvalue weighted by molar-refractivity contribution is 0.141. The molecule has 0 bridgehead atoms. The van der Waals surface area contributed by atoms with Gasteiger partial charge in [0.25, 0.3) is 0 Å². The lowest BCUT2D eigenvalue weighted by Gasteiger charge is -2.16. The van der Waals surface area contributed by atoms with Crippen molar-refractivity contribution in [3.05, 3.63) is 34.4 Å². The van der Waals surface area contributed by atoms with Gasteiger partial charge in [0.05, 0.1) is 36.6 Å². The summed E-state index contributed by atoms with van der Waals surface area (Å²) >= 11 is 13.2. The molecule has 2 heterocycles. The quantitative estimate of drug-likeness (QED) is 0.386. The highest BCUT2D eigenvalue weighted by Crippen LogP contribution is 2.46. The molecule has 3 aromatic rings. The van der Waals surface area contributed by atoms with Crippen LogP contribution in [0, 0.1) is 0 Å². The van der Waals surface area contributed by atoms with Gasteiger partial charge in [-0.1, -0.05) is 36.5 Å². The van der Waals surface area contributed by atoms with E-state index in [-0.39, 0.29) is 0 Å². The van der Waals surface area contributed by atoms with Crippen LogP contribution in [0.25, 0.3) is 22.0 Å². The number of rotatable bonds is 10. The molecule has 0 atom stereocenters. The molecule has 3 N–H and O–H groups in total. The van der Waals surface area contributed by atoms with Crippen LogP contribution < -0.4 is 20.5 Å². The molecule has 0 radical (unpaired) electrons. The van der Waals surface area contributed by atoms with Gasteiger partial charge in [0.15, 0.2) is 0 Å². The first-order chi connectivity index (χ1) is 15.0. The number of halogens is 2. The first-order valence-electron chi connectivity index (χ1n) is 9.98. The van der Waals surface area contributed by atoms with Crippen molar-refractivity contribution in [2.24, 2.45) is 0 Å². The molecule has 0 fully saturated rings. The van der Waals surface area contributed by atoms with Crippen molar-refractivity contribution in [1.82, 2.24) is 9.97 Å². The highest BCUT2D eigenvalue weighted by molar-refractivity contribution is 6.41. The van der Waals surface area contributed by atoms with Crippen molar-refractivity contribution in [2.75, 3.05) is 45.0 Å². The lowest BCUT2D eigenvalue weighted by atomic mass is 10.1. The molecule has 9 heteroatoms.